The van der Waals surface area contributed by atoms with Gasteiger partial charge in [0.2, 0.25) is 0 Å². The third-order valence-electron chi connectivity index (χ3n) is 4.23. The van der Waals surface area contributed by atoms with Crippen LogP contribution in [0.25, 0.3) is 0 Å². The first-order valence-electron chi connectivity index (χ1n) is 8.45. The number of rotatable bonds is 6. The molecule has 0 radical (unpaired) electrons. The minimum Gasteiger partial charge on any atom is -0.494 e. The van der Waals surface area contributed by atoms with Crippen molar-refractivity contribution in [1.82, 2.24) is 4.90 Å². The van der Waals surface area contributed by atoms with Crippen LogP contribution in [0.1, 0.15) is 45.1 Å². The number of hydrogen-bond acceptors (Lipinski definition) is 3. The number of nitrogens with zero attached hydrogens (tertiary/aromatic N) is 1. The van der Waals surface area contributed by atoms with Gasteiger partial charge in [0.05, 0.1) is 6.61 Å². The normalized spacial score (nSPS) is 20.0. The molecule has 1 unspecified atom stereocenters. The van der Waals surface area contributed by atoms with Gasteiger partial charge >= 0.3 is 0 Å². The van der Waals surface area contributed by atoms with Crippen LogP contribution >= 0.6 is 0 Å². The van der Waals surface area contributed by atoms with Crippen molar-refractivity contribution >= 4 is 5.69 Å². The number of nitrogens with one attached hydrogen (secondary N) is 1. The van der Waals surface area contributed by atoms with E-state index in [1.54, 1.807) is 0 Å². The van der Waals surface area contributed by atoms with E-state index in [1.165, 1.54) is 56.6 Å². The molecule has 1 heterocycles. The average molecular weight is 290 g/mol. The van der Waals surface area contributed by atoms with Crippen molar-refractivity contribution in [3.05, 3.63) is 23.8 Å². The molecule has 118 valence electrons. The summed E-state index contributed by atoms with van der Waals surface area (Å²) in [4.78, 5) is 2.60. The molecule has 21 heavy (non-hydrogen) atoms. The Kier molecular flexibility index (Phi) is 6.37. The molecular weight excluding hydrogens is 260 g/mol. The van der Waals surface area contributed by atoms with Crippen molar-refractivity contribution in [1.29, 1.82) is 0 Å². The van der Waals surface area contributed by atoms with Crippen molar-refractivity contribution in [3.63, 3.8) is 0 Å². The molecule has 1 fully saturated rings. The van der Waals surface area contributed by atoms with Crippen molar-refractivity contribution in [2.75, 3.05) is 31.6 Å². The van der Waals surface area contributed by atoms with Crippen LogP contribution in [0.4, 0.5) is 5.69 Å². The molecule has 0 spiro atoms. The highest BCUT2D eigenvalue weighted by atomic mass is 16.5. The van der Waals surface area contributed by atoms with Crippen LogP contribution in [0.3, 0.4) is 0 Å². The fraction of sp³-hybridized carbons (Fsp3) is 0.667. The van der Waals surface area contributed by atoms with Crippen LogP contribution in [0.2, 0.25) is 0 Å². The smallest absolute Gasteiger partial charge is 0.119 e. The second-order valence-corrected chi connectivity index (χ2v) is 6.02. The Morgan fingerprint density at radius 1 is 1.24 bits per heavy atom. The SMILES string of the molecule is CCCN1CCCC(Nc2ccc(OCC)cc2C)CC1. The summed E-state index contributed by atoms with van der Waals surface area (Å²) in [6, 6.07) is 6.96. The zero-order valence-corrected chi connectivity index (χ0v) is 13.8. The summed E-state index contributed by atoms with van der Waals surface area (Å²) < 4.78 is 5.56. The number of aryl methyl sites for hydroxylation is 1. The molecule has 1 saturated heterocycles. The minimum atomic E-state index is 0.600. The molecule has 0 saturated carbocycles. The lowest BCUT2D eigenvalue weighted by atomic mass is 10.1. The summed E-state index contributed by atoms with van der Waals surface area (Å²) in [5, 5.41) is 3.74. The zero-order chi connectivity index (χ0) is 15.1. The molecule has 1 aromatic carbocycles. The van der Waals surface area contributed by atoms with E-state index in [1.807, 2.05) is 6.92 Å². The molecule has 3 heteroatoms. The second-order valence-electron chi connectivity index (χ2n) is 6.02. The number of hydrogen-bond donors (Lipinski definition) is 1. The summed E-state index contributed by atoms with van der Waals surface area (Å²) >= 11 is 0. The molecule has 0 aromatic heterocycles. The maximum atomic E-state index is 5.56. The van der Waals surface area contributed by atoms with E-state index in [0.29, 0.717) is 6.04 Å². The molecule has 2 rings (SSSR count). The Balaban J connectivity index is 1.92. The summed E-state index contributed by atoms with van der Waals surface area (Å²) in [5.74, 6) is 0.968. The molecule has 1 aromatic rings. The topological polar surface area (TPSA) is 24.5 Å². The van der Waals surface area contributed by atoms with E-state index in [9.17, 15) is 0 Å². The van der Waals surface area contributed by atoms with Gasteiger partial charge in [-0.2, -0.15) is 0 Å². The largest absolute Gasteiger partial charge is 0.494 e. The number of ether oxygens (including phenoxy) is 1. The second kappa shape index (κ2) is 8.28. The third-order valence-corrected chi connectivity index (χ3v) is 4.23. The van der Waals surface area contributed by atoms with E-state index in [-0.39, 0.29) is 0 Å². The van der Waals surface area contributed by atoms with Gasteiger partial charge < -0.3 is 15.0 Å². The van der Waals surface area contributed by atoms with E-state index in [0.717, 1.165) is 12.4 Å². The summed E-state index contributed by atoms with van der Waals surface area (Å²) in [7, 11) is 0. The zero-order valence-electron chi connectivity index (χ0n) is 13.8. The Labute approximate surface area is 129 Å². The molecule has 1 aliphatic heterocycles. The van der Waals surface area contributed by atoms with Crippen LogP contribution in [0, 0.1) is 6.92 Å². The number of likely N-dealkylation sites (tertiary alicyclic amines) is 1. The van der Waals surface area contributed by atoms with E-state index >= 15 is 0 Å². The van der Waals surface area contributed by atoms with Crippen LogP contribution in [0.15, 0.2) is 18.2 Å². The Morgan fingerprint density at radius 3 is 2.81 bits per heavy atom. The Morgan fingerprint density at radius 2 is 2.10 bits per heavy atom. The van der Waals surface area contributed by atoms with Gasteiger partial charge in [-0.3, -0.25) is 0 Å². The Hall–Kier alpha value is -1.22. The predicted molar refractivity (Wildman–Crippen MR) is 90.3 cm³/mol. The molecule has 1 aliphatic rings. The van der Waals surface area contributed by atoms with Gasteiger partial charge in [0.15, 0.2) is 0 Å². The van der Waals surface area contributed by atoms with Gasteiger partial charge in [0, 0.05) is 18.3 Å². The van der Waals surface area contributed by atoms with Crippen molar-refractivity contribution in [2.45, 2.75) is 52.5 Å². The highest BCUT2D eigenvalue weighted by molar-refractivity contribution is 5.54. The summed E-state index contributed by atoms with van der Waals surface area (Å²) in [6.07, 6.45) is 5.07. The fourth-order valence-electron chi connectivity index (χ4n) is 3.11. The first kappa shape index (κ1) is 16.2. The van der Waals surface area contributed by atoms with Crippen LogP contribution in [0.5, 0.6) is 5.75 Å². The first-order valence-corrected chi connectivity index (χ1v) is 8.45. The van der Waals surface area contributed by atoms with Crippen LogP contribution in [-0.4, -0.2) is 37.2 Å². The quantitative estimate of drug-likeness (QED) is 0.854. The van der Waals surface area contributed by atoms with E-state index in [2.05, 4.69) is 42.3 Å². The Bertz CT molecular complexity index is 433. The lowest BCUT2D eigenvalue weighted by Gasteiger charge is -2.21. The molecular formula is C18H30N2O. The van der Waals surface area contributed by atoms with Crippen molar-refractivity contribution < 1.29 is 4.74 Å². The number of anilines is 1. The van der Waals surface area contributed by atoms with Crippen molar-refractivity contribution in [3.8, 4) is 5.75 Å². The van der Waals surface area contributed by atoms with Crippen LogP contribution < -0.4 is 10.1 Å². The molecule has 0 bridgehead atoms. The van der Waals surface area contributed by atoms with Crippen molar-refractivity contribution in [2.24, 2.45) is 0 Å². The third kappa shape index (κ3) is 4.92. The summed E-state index contributed by atoms with van der Waals surface area (Å²) in [5.41, 5.74) is 2.53. The summed E-state index contributed by atoms with van der Waals surface area (Å²) in [6.45, 7) is 10.9. The highest BCUT2D eigenvalue weighted by Gasteiger charge is 2.16. The number of benzene rings is 1. The van der Waals surface area contributed by atoms with E-state index < -0.39 is 0 Å². The molecule has 1 N–H and O–H groups in total. The van der Waals surface area contributed by atoms with Gasteiger partial charge in [-0.25, -0.2) is 0 Å². The fourth-order valence-corrected chi connectivity index (χ4v) is 3.11. The lowest BCUT2D eigenvalue weighted by molar-refractivity contribution is 0.285. The maximum Gasteiger partial charge on any atom is 0.119 e. The van der Waals surface area contributed by atoms with Gasteiger partial charge in [0.25, 0.3) is 0 Å². The van der Waals surface area contributed by atoms with Gasteiger partial charge in [0.1, 0.15) is 5.75 Å². The van der Waals surface area contributed by atoms with Crippen LogP contribution in [-0.2, 0) is 0 Å². The monoisotopic (exact) mass is 290 g/mol. The highest BCUT2D eigenvalue weighted by Crippen LogP contribution is 2.24. The van der Waals surface area contributed by atoms with Gasteiger partial charge in [-0.1, -0.05) is 6.92 Å². The van der Waals surface area contributed by atoms with Gasteiger partial charge in [-0.15, -0.1) is 0 Å². The standard InChI is InChI=1S/C18H30N2O/c1-4-11-20-12-6-7-16(10-13-20)19-18-9-8-17(21-5-2)14-15(18)3/h8-9,14,16,19H,4-7,10-13H2,1-3H3. The molecule has 0 amide bonds. The molecule has 3 nitrogen and oxygen atoms in total. The van der Waals surface area contributed by atoms with Gasteiger partial charge in [-0.05, 0) is 76.4 Å². The lowest BCUT2D eigenvalue weighted by Crippen LogP contribution is -2.27. The first-order chi connectivity index (χ1) is 10.2. The van der Waals surface area contributed by atoms with E-state index in [4.69, 9.17) is 4.74 Å². The average Bonchev–Trinajstić information content (AvgIpc) is 2.68. The molecule has 1 atom stereocenters. The maximum absolute atomic E-state index is 5.56. The molecule has 0 aliphatic carbocycles. The minimum absolute atomic E-state index is 0.600. The predicted octanol–water partition coefficient (Wildman–Crippen LogP) is 4.07.